The number of aryl methyl sites for hydroxylation is 4. The van der Waals surface area contributed by atoms with E-state index in [1.165, 1.54) is 306 Å². The Kier molecular flexibility index (Phi) is 38.6. The first kappa shape index (κ1) is 74.4. The molecule has 0 aliphatic rings. The molecule has 0 saturated heterocycles. The summed E-state index contributed by atoms with van der Waals surface area (Å²) in [5.41, 5.74) is 6.50. The van der Waals surface area contributed by atoms with Gasteiger partial charge in [-0.2, -0.15) is 0 Å². The van der Waals surface area contributed by atoms with Crippen molar-refractivity contribution in [3.8, 4) is 27.4 Å². The second kappa shape index (κ2) is 45.7. The molecule has 4 nitrogen and oxygen atoms in total. The molecule has 6 heteroatoms. The van der Waals surface area contributed by atoms with E-state index in [9.17, 15) is 0 Å². The van der Waals surface area contributed by atoms with Crippen molar-refractivity contribution in [1.29, 1.82) is 0 Å². The number of hydrogen-bond acceptors (Lipinski definition) is 2. The van der Waals surface area contributed by atoms with Crippen molar-refractivity contribution in [2.24, 2.45) is 11.8 Å². The predicted molar refractivity (Wildman–Crippen MR) is 392 cm³/mol. The summed E-state index contributed by atoms with van der Waals surface area (Å²) in [6.07, 6.45) is 62.2. The van der Waals surface area contributed by atoms with Crippen molar-refractivity contribution < 1.29 is 0 Å². The van der Waals surface area contributed by atoms with Crippen molar-refractivity contribution in [2.75, 3.05) is 0 Å². The molecule has 0 spiro atoms. The SMILES string of the molecule is CCCCCCCCCCCCC(CCCCCCCCCC)CCCCn1c(=O)c(-c2ccc(C)[te]2)cc2c1cc(-c1ccc(-c3ccc4cc(C)ccc4c3)[te]1)c(=O)n2CCCCC(CCCCCCCCCC)CCCCCCCCCCCC. The molecule has 6 aromatic rings. The van der Waals surface area contributed by atoms with E-state index >= 15 is 9.59 Å². The maximum absolute atomic E-state index is 15.6. The van der Waals surface area contributed by atoms with Gasteiger partial charge in [0.1, 0.15) is 0 Å². The third-order valence-corrected chi connectivity index (χ3v) is 26.2. The molecule has 88 heavy (non-hydrogen) atoms. The van der Waals surface area contributed by atoms with Crippen molar-refractivity contribution in [3.63, 3.8) is 0 Å². The van der Waals surface area contributed by atoms with E-state index < -0.39 is 40.9 Å². The van der Waals surface area contributed by atoms with Crippen LogP contribution in [0.15, 0.2) is 82.4 Å². The molecule has 0 aliphatic carbocycles. The van der Waals surface area contributed by atoms with Gasteiger partial charge in [0.05, 0.1) is 0 Å². The third-order valence-electron chi connectivity index (χ3n) is 19.9. The van der Waals surface area contributed by atoms with Gasteiger partial charge in [0, 0.05) is 0 Å². The van der Waals surface area contributed by atoms with Crippen LogP contribution in [0.5, 0.6) is 0 Å². The Morgan fingerprint density at radius 1 is 0.318 bits per heavy atom. The standard InChI is InChI=1S/C82H128N2O2Te2/c1-7-11-15-19-23-27-29-33-37-41-49-69(47-39-35-31-25-21-17-13-9-3)51-43-45-61-83-77-66-75(80-60-59-78(88-80)73-57-56-71-63-67(5)53-55-72(71)64-73)82(86)84(76(77)65-74(81(83)85)79-58-54-68(6)87-79)62-46-44-52-70(48-40-36-32-26-22-18-14-10-4)50-42-38-34-30-28-24-20-16-12-8-2/h53-60,63-66,69-70H,7-52,61-62H2,1-6H3. The summed E-state index contributed by atoms with van der Waals surface area (Å²) < 4.78 is 9.58. The van der Waals surface area contributed by atoms with Crippen LogP contribution < -0.4 is 11.1 Å². The van der Waals surface area contributed by atoms with Crippen molar-refractivity contribution in [3.05, 3.63) is 103 Å². The molecular weight excluding hydrogens is 1300 g/mol. The molecule has 0 saturated carbocycles. The number of rotatable bonds is 53. The Bertz CT molecular complexity index is 2900. The molecule has 0 fully saturated rings. The molecule has 0 bridgehead atoms. The molecule has 0 radical (unpaired) electrons. The van der Waals surface area contributed by atoms with Gasteiger partial charge in [-0.05, 0) is 0 Å². The first-order valence-corrected chi connectivity index (χ1v) is 42.4. The van der Waals surface area contributed by atoms with Crippen LogP contribution in [0.25, 0.3) is 49.2 Å². The zero-order chi connectivity index (χ0) is 62.2. The van der Waals surface area contributed by atoms with E-state index in [4.69, 9.17) is 0 Å². The summed E-state index contributed by atoms with van der Waals surface area (Å²) in [6.45, 7) is 15.1. The minimum absolute atomic E-state index is 0.145. The Morgan fingerprint density at radius 3 is 1.01 bits per heavy atom. The van der Waals surface area contributed by atoms with Crippen LogP contribution >= 0.6 is 0 Å². The first-order chi connectivity index (χ1) is 43.2. The number of aromatic nitrogens is 2. The van der Waals surface area contributed by atoms with Crippen LogP contribution in [0.3, 0.4) is 0 Å². The Morgan fingerprint density at radius 2 is 0.636 bits per heavy atom. The summed E-state index contributed by atoms with van der Waals surface area (Å²) in [4.78, 5) is 30.9. The van der Waals surface area contributed by atoms with Gasteiger partial charge < -0.3 is 0 Å². The minimum atomic E-state index is -0.869. The van der Waals surface area contributed by atoms with Crippen LogP contribution in [0.2, 0.25) is 0 Å². The zero-order valence-electron chi connectivity index (χ0n) is 57.6. The minimum Gasteiger partial charge on any atom is -0.0654 e. The second-order valence-corrected chi connectivity index (χ2v) is 34.4. The molecule has 0 amide bonds. The number of unbranched alkanes of at least 4 members (excludes halogenated alkanes) is 34. The average molecular weight is 1430 g/mol. The third kappa shape index (κ3) is 27.5. The molecular formula is C82H128N2O2Te2. The van der Waals surface area contributed by atoms with Gasteiger partial charge in [0.15, 0.2) is 0 Å². The molecule has 490 valence electrons. The molecule has 0 N–H and O–H groups in total. The number of benzene rings is 2. The van der Waals surface area contributed by atoms with Gasteiger partial charge in [-0.3, -0.25) is 0 Å². The Labute approximate surface area is 559 Å². The fourth-order valence-corrected chi connectivity index (χ4v) is 19.6. The topological polar surface area (TPSA) is 44.0 Å². The maximum atomic E-state index is 15.6. The van der Waals surface area contributed by atoms with Crippen LogP contribution in [0.4, 0.5) is 0 Å². The number of pyridine rings is 2. The predicted octanol–water partition coefficient (Wildman–Crippen LogP) is 25.3. The molecule has 2 atom stereocenters. The zero-order valence-corrected chi connectivity index (χ0v) is 62.2. The van der Waals surface area contributed by atoms with E-state index in [2.05, 4.69) is 123 Å². The van der Waals surface area contributed by atoms with Crippen molar-refractivity contribution in [2.45, 2.75) is 350 Å². The molecule has 4 heterocycles. The quantitative estimate of drug-likeness (QED) is 0.0282. The fraction of sp³-hybridized carbons (Fsp3) is 0.683. The second-order valence-electron chi connectivity index (χ2n) is 27.6. The van der Waals surface area contributed by atoms with Gasteiger partial charge >= 0.3 is 356 Å². The van der Waals surface area contributed by atoms with Crippen LogP contribution in [0, 0.1) is 25.7 Å². The van der Waals surface area contributed by atoms with Crippen LogP contribution in [-0.2, 0) is 13.1 Å². The molecule has 0 aliphatic heterocycles. The number of nitrogens with zero attached hydrogens (tertiary/aromatic N) is 2. The molecule has 2 aromatic carbocycles. The van der Waals surface area contributed by atoms with Gasteiger partial charge in [0.2, 0.25) is 0 Å². The first-order valence-electron chi connectivity index (χ1n) is 37.7. The summed E-state index contributed by atoms with van der Waals surface area (Å²) in [5, 5.41) is 2.55. The van der Waals surface area contributed by atoms with E-state index in [0.29, 0.717) is 13.1 Å². The van der Waals surface area contributed by atoms with Gasteiger partial charge in [-0.25, -0.2) is 0 Å². The van der Waals surface area contributed by atoms with E-state index in [-0.39, 0.29) is 11.1 Å². The van der Waals surface area contributed by atoms with Crippen molar-refractivity contribution >= 4 is 62.7 Å². The van der Waals surface area contributed by atoms with Crippen LogP contribution in [0.1, 0.15) is 332 Å². The summed E-state index contributed by atoms with van der Waals surface area (Å²) in [7, 11) is 0. The molecule has 4 aromatic heterocycles. The summed E-state index contributed by atoms with van der Waals surface area (Å²) >= 11 is -1.51. The Balaban J connectivity index is 1.24. The normalized spacial score (nSPS) is 12.6. The number of fused-ring (bicyclic) bond motifs is 2. The molecule has 6 rings (SSSR count). The van der Waals surface area contributed by atoms with E-state index in [1.807, 2.05) is 0 Å². The summed E-state index contributed by atoms with van der Waals surface area (Å²) in [5.74, 6) is 1.55. The van der Waals surface area contributed by atoms with E-state index in [0.717, 1.165) is 59.7 Å². The summed E-state index contributed by atoms with van der Waals surface area (Å²) in [6, 6.07) is 27.1. The van der Waals surface area contributed by atoms with E-state index in [1.54, 1.807) is 0 Å². The van der Waals surface area contributed by atoms with Gasteiger partial charge in [0.25, 0.3) is 0 Å². The monoisotopic (exact) mass is 1430 g/mol. The molecule has 2 unspecified atom stereocenters. The van der Waals surface area contributed by atoms with Crippen molar-refractivity contribution in [1.82, 2.24) is 9.13 Å². The Hall–Kier alpha value is -2.60. The smallest absolute Gasteiger partial charge is 0.0654 e. The van der Waals surface area contributed by atoms with Gasteiger partial charge in [-0.15, -0.1) is 0 Å². The number of hydrogen-bond donors (Lipinski definition) is 0. The fourth-order valence-electron chi connectivity index (χ4n) is 14.3. The van der Waals surface area contributed by atoms with Gasteiger partial charge in [-0.1, -0.05) is 207 Å². The average Bonchev–Trinajstić information content (AvgIpc) is 1.17. The van der Waals surface area contributed by atoms with Crippen LogP contribution in [-0.4, -0.2) is 50.0 Å².